The zero-order valence-electron chi connectivity index (χ0n) is 15.1. The van der Waals surface area contributed by atoms with Crippen molar-refractivity contribution in [1.29, 1.82) is 0 Å². The second-order valence-electron chi connectivity index (χ2n) is 6.46. The van der Waals surface area contributed by atoms with Crippen molar-refractivity contribution >= 4 is 38.5 Å². The lowest BCUT2D eigenvalue weighted by Crippen LogP contribution is -2.17. The Morgan fingerprint density at radius 3 is 2.48 bits per heavy atom. The van der Waals surface area contributed by atoms with Crippen LogP contribution in [0.2, 0.25) is 5.02 Å². The second-order valence-corrected chi connectivity index (χ2v) is 8.68. The van der Waals surface area contributed by atoms with Gasteiger partial charge in [-0.1, -0.05) is 29.8 Å². The fourth-order valence-electron chi connectivity index (χ4n) is 2.93. The zero-order valence-corrected chi connectivity index (χ0v) is 16.6. The van der Waals surface area contributed by atoms with Crippen LogP contribution in [0.3, 0.4) is 0 Å². The van der Waals surface area contributed by atoms with Crippen LogP contribution < -0.4 is 0 Å². The highest BCUT2D eigenvalue weighted by Crippen LogP contribution is 2.28. The van der Waals surface area contributed by atoms with Crippen LogP contribution in [0.4, 0.5) is 0 Å². The summed E-state index contributed by atoms with van der Waals surface area (Å²) in [5, 5.41) is 1.22. The minimum absolute atomic E-state index is 0.0898. The molecule has 0 aliphatic rings. The van der Waals surface area contributed by atoms with Crippen molar-refractivity contribution in [2.75, 3.05) is 0 Å². The van der Waals surface area contributed by atoms with Crippen LogP contribution in [-0.2, 0) is 26.0 Å². The number of ether oxygens (including phenoxy) is 1. The van der Waals surface area contributed by atoms with Gasteiger partial charge in [-0.05, 0) is 56.7 Å². The number of fused-ring (bicyclic) bond motifs is 1. The van der Waals surface area contributed by atoms with E-state index in [-0.39, 0.29) is 29.8 Å². The molecule has 0 fully saturated rings. The Morgan fingerprint density at radius 1 is 1.11 bits per heavy atom. The quantitative estimate of drug-likeness (QED) is 0.569. The third-order valence-electron chi connectivity index (χ3n) is 4.03. The van der Waals surface area contributed by atoms with Gasteiger partial charge in [0.1, 0.15) is 0 Å². The number of aryl methyl sites for hydroxylation is 1. The molecule has 0 atom stereocenters. The van der Waals surface area contributed by atoms with Crippen LogP contribution in [0.5, 0.6) is 0 Å². The average molecular weight is 406 g/mol. The maximum absolute atomic E-state index is 13.3. The number of benzene rings is 2. The molecule has 7 heteroatoms. The average Bonchev–Trinajstić information content (AvgIpc) is 2.98. The maximum atomic E-state index is 13.3. The highest BCUT2D eigenvalue weighted by Gasteiger charge is 2.23. The fourth-order valence-corrected chi connectivity index (χ4v) is 4.70. The lowest BCUT2D eigenvalue weighted by molar-refractivity contribution is -0.147. The highest BCUT2D eigenvalue weighted by molar-refractivity contribution is 7.90. The van der Waals surface area contributed by atoms with E-state index in [1.165, 1.54) is 3.97 Å². The summed E-state index contributed by atoms with van der Waals surface area (Å²) in [5.74, 6) is -0.364. The molecular formula is C20H20ClNO4S. The molecule has 0 N–H and O–H groups in total. The fraction of sp³-hybridized carbons (Fsp3) is 0.250. The van der Waals surface area contributed by atoms with Crippen molar-refractivity contribution < 1.29 is 17.9 Å². The van der Waals surface area contributed by atoms with Crippen LogP contribution in [0.15, 0.2) is 59.5 Å². The zero-order chi connectivity index (χ0) is 19.6. The Labute approximate surface area is 163 Å². The molecule has 1 aromatic heterocycles. The Hall–Kier alpha value is -2.31. The molecule has 0 aliphatic heterocycles. The molecule has 2 aromatic carbocycles. The van der Waals surface area contributed by atoms with Crippen molar-refractivity contribution in [3.63, 3.8) is 0 Å². The molecular weight excluding hydrogens is 386 g/mol. The number of hydrogen-bond donors (Lipinski definition) is 0. The number of rotatable bonds is 6. The predicted molar refractivity (Wildman–Crippen MR) is 106 cm³/mol. The van der Waals surface area contributed by atoms with E-state index in [2.05, 4.69) is 0 Å². The predicted octanol–water partition coefficient (Wildman–Crippen LogP) is 4.42. The molecule has 142 valence electrons. The van der Waals surface area contributed by atoms with E-state index in [4.69, 9.17) is 16.3 Å². The number of halogens is 1. The van der Waals surface area contributed by atoms with Crippen LogP contribution in [0, 0.1) is 0 Å². The van der Waals surface area contributed by atoms with Gasteiger partial charge in [-0.2, -0.15) is 0 Å². The van der Waals surface area contributed by atoms with Gasteiger partial charge < -0.3 is 4.74 Å². The number of hydrogen-bond acceptors (Lipinski definition) is 4. The molecule has 1 heterocycles. The summed E-state index contributed by atoms with van der Waals surface area (Å²) in [7, 11) is -3.82. The van der Waals surface area contributed by atoms with Crippen molar-refractivity contribution in [1.82, 2.24) is 3.97 Å². The van der Waals surface area contributed by atoms with Gasteiger partial charge in [-0.3, -0.25) is 4.79 Å². The van der Waals surface area contributed by atoms with Crippen LogP contribution >= 0.6 is 11.6 Å². The molecule has 0 unspecified atom stereocenters. The molecule has 0 saturated heterocycles. The molecule has 27 heavy (non-hydrogen) atoms. The largest absolute Gasteiger partial charge is 0.463 e. The van der Waals surface area contributed by atoms with Gasteiger partial charge in [0, 0.05) is 16.1 Å². The van der Waals surface area contributed by atoms with Crippen molar-refractivity contribution in [2.24, 2.45) is 0 Å². The number of nitrogens with zero attached hydrogens (tertiary/aromatic N) is 1. The molecule has 0 aliphatic carbocycles. The van der Waals surface area contributed by atoms with Crippen LogP contribution in [0.25, 0.3) is 10.9 Å². The van der Waals surface area contributed by atoms with Gasteiger partial charge in [0.15, 0.2) is 0 Å². The number of esters is 1. The Bertz CT molecular complexity index is 1070. The Balaban J connectivity index is 2.08. The summed E-state index contributed by atoms with van der Waals surface area (Å²) >= 11 is 6.06. The second kappa shape index (κ2) is 7.74. The lowest BCUT2D eigenvalue weighted by Gasteiger charge is -2.12. The van der Waals surface area contributed by atoms with Gasteiger partial charge in [-0.15, -0.1) is 0 Å². The molecule has 0 radical (unpaired) electrons. The van der Waals surface area contributed by atoms with Crippen molar-refractivity contribution in [2.45, 2.75) is 37.7 Å². The summed E-state index contributed by atoms with van der Waals surface area (Å²) in [6.45, 7) is 3.55. The molecule has 0 bridgehead atoms. The molecule has 0 saturated carbocycles. The smallest absolute Gasteiger partial charge is 0.306 e. The van der Waals surface area contributed by atoms with Gasteiger partial charge in [-0.25, -0.2) is 12.4 Å². The van der Waals surface area contributed by atoms with Crippen molar-refractivity contribution in [3.05, 3.63) is 65.3 Å². The normalized spacial score (nSPS) is 11.9. The SMILES string of the molecule is CC(C)OC(=O)CCc1cc2cc(Cl)ccc2n1S(=O)(=O)c1ccccc1. The van der Waals surface area contributed by atoms with Gasteiger partial charge in [0.25, 0.3) is 10.0 Å². The first-order valence-electron chi connectivity index (χ1n) is 8.59. The molecule has 3 aromatic rings. The van der Waals surface area contributed by atoms with Gasteiger partial charge in [0.2, 0.25) is 0 Å². The summed E-state index contributed by atoms with van der Waals surface area (Å²) in [6, 6.07) is 15.0. The Morgan fingerprint density at radius 2 is 1.81 bits per heavy atom. The van der Waals surface area contributed by atoms with E-state index in [1.807, 2.05) is 0 Å². The van der Waals surface area contributed by atoms with E-state index < -0.39 is 10.0 Å². The summed E-state index contributed by atoms with van der Waals surface area (Å²) in [4.78, 5) is 12.1. The van der Waals surface area contributed by atoms with E-state index in [1.54, 1.807) is 68.4 Å². The standard InChI is InChI=1S/C20H20ClNO4S/c1-14(2)26-20(23)11-9-17-13-15-12-16(21)8-10-19(15)22(17)27(24,25)18-6-4-3-5-7-18/h3-8,10,12-14H,9,11H2,1-2H3. The topological polar surface area (TPSA) is 65.4 Å². The molecule has 0 spiro atoms. The van der Waals surface area contributed by atoms with E-state index in [0.29, 0.717) is 21.6 Å². The lowest BCUT2D eigenvalue weighted by atomic mass is 10.2. The third-order valence-corrected chi connectivity index (χ3v) is 6.04. The molecule has 0 amide bonds. The summed E-state index contributed by atoms with van der Waals surface area (Å²) < 4.78 is 32.9. The first-order valence-corrected chi connectivity index (χ1v) is 10.4. The third kappa shape index (κ3) is 4.17. The number of carbonyl (C=O) groups is 1. The summed E-state index contributed by atoms with van der Waals surface area (Å²) in [6.07, 6.45) is 0.117. The first kappa shape index (κ1) is 19.5. The first-order chi connectivity index (χ1) is 12.8. The number of aromatic nitrogens is 1. The molecule has 5 nitrogen and oxygen atoms in total. The van der Waals surface area contributed by atoms with Crippen molar-refractivity contribution in [3.8, 4) is 0 Å². The minimum Gasteiger partial charge on any atom is -0.463 e. The van der Waals surface area contributed by atoms with E-state index >= 15 is 0 Å². The van der Waals surface area contributed by atoms with Crippen LogP contribution in [-0.4, -0.2) is 24.5 Å². The molecule has 3 rings (SSSR count). The number of carbonyl (C=O) groups excluding carboxylic acids is 1. The Kier molecular flexibility index (Phi) is 5.58. The van der Waals surface area contributed by atoms with E-state index in [0.717, 1.165) is 0 Å². The monoisotopic (exact) mass is 405 g/mol. The minimum atomic E-state index is -3.82. The highest BCUT2D eigenvalue weighted by atomic mass is 35.5. The van der Waals surface area contributed by atoms with Gasteiger partial charge >= 0.3 is 5.97 Å². The maximum Gasteiger partial charge on any atom is 0.306 e. The van der Waals surface area contributed by atoms with E-state index in [9.17, 15) is 13.2 Å². The van der Waals surface area contributed by atoms with Gasteiger partial charge in [0.05, 0.1) is 22.9 Å². The summed E-state index contributed by atoms with van der Waals surface area (Å²) in [5.41, 5.74) is 1.03. The van der Waals surface area contributed by atoms with Crippen LogP contribution in [0.1, 0.15) is 26.0 Å².